The van der Waals surface area contributed by atoms with Crippen LogP contribution in [0.2, 0.25) is 0 Å². The van der Waals surface area contributed by atoms with Gasteiger partial charge in [-0.1, -0.05) is 143 Å². The molecule has 3 heteroatoms. The highest BCUT2D eigenvalue weighted by atomic mass is 16.5. The maximum Gasteiger partial charge on any atom is 0.305 e. The van der Waals surface area contributed by atoms with Gasteiger partial charge in [-0.3, -0.25) is 4.79 Å². The molecule has 0 radical (unpaired) electrons. The van der Waals surface area contributed by atoms with Gasteiger partial charge in [-0.05, 0) is 38.0 Å². The molecule has 2 atom stereocenters. The summed E-state index contributed by atoms with van der Waals surface area (Å²) in [5.41, 5.74) is 0. The second-order valence-corrected chi connectivity index (χ2v) is 11.1. The van der Waals surface area contributed by atoms with Crippen LogP contribution in [0.25, 0.3) is 0 Å². The second-order valence-electron chi connectivity index (χ2n) is 11.1. The predicted octanol–water partition coefficient (Wildman–Crippen LogP) is 10.3. The number of aliphatic hydroxyl groups excluding tert-OH is 1. The van der Waals surface area contributed by atoms with Crippen LogP contribution in [-0.4, -0.2) is 23.8 Å². The third-order valence-electron chi connectivity index (χ3n) is 7.47. The van der Waals surface area contributed by atoms with Crippen molar-refractivity contribution in [3.05, 3.63) is 0 Å². The van der Waals surface area contributed by atoms with Crippen LogP contribution in [0.15, 0.2) is 0 Å². The van der Waals surface area contributed by atoms with Crippen LogP contribution >= 0.6 is 0 Å². The van der Waals surface area contributed by atoms with E-state index >= 15 is 0 Å². The van der Waals surface area contributed by atoms with Crippen LogP contribution in [0.4, 0.5) is 0 Å². The lowest BCUT2D eigenvalue weighted by molar-refractivity contribution is -0.145. The molecule has 1 N–H and O–H groups in total. The van der Waals surface area contributed by atoms with Crippen LogP contribution in [0, 0.1) is 5.92 Å². The second kappa shape index (κ2) is 28.0. The highest BCUT2D eigenvalue weighted by Crippen LogP contribution is 2.19. The Balaban J connectivity index is 3.55. The summed E-state index contributed by atoms with van der Waals surface area (Å²) < 4.78 is 5.63. The van der Waals surface area contributed by atoms with E-state index in [1.165, 1.54) is 122 Å². The monoisotopic (exact) mass is 496 g/mol. The van der Waals surface area contributed by atoms with Crippen molar-refractivity contribution in [1.29, 1.82) is 0 Å². The molecule has 0 aromatic carbocycles. The summed E-state index contributed by atoms with van der Waals surface area (Å²) in [5.74, 6) is 0.561. The maximum atomic E-state index is 12.1. The van der Waals surface area contributed by atoms with E-state index in [1.807, 2.05) is 0 Å². The molecule has 3 nitrogen and oxygen atoms in total. The maximum absolute atomic E-state index is 12.1. The van der Waals surface area contributed by atoms with Crippen molar-refractivity contribution in [1.82, 2.24) is 0 Å². The molecule has 35 heavy (non-hydrogen) atoms. The van der Waals surface area contributed by atoms with Crippen LogP contribution in [0.5, 0.6) is 0 Å². The Morgan fingerprint density at radius 1 is 0.543 bits per heavy atom. The molecule has 0 aliphatic rings. The molecule has 0 aliphatic heterocycles. The van der Waals surface area contributed by atoms with Gasteiger partial charge < -0.3 is 9.84 Å². The Morgan fingerprint density at radius 2 is 0.943 bits per heavy atom. The Kier molecular flexibility index (Phi) is 27.6. The molecular weight excluding hydrogens is 432 g/mol. The zero-order valence-corrected chi connectivity index (χ0v) is 24.3. The minimum atomic E-state index is -0.0994. The molecule has 0 amide bonds. The molecule has 0 fully saturated rings. The molecule has 0 aromatic rings. The number of hydrogen-bond acceptors (Lipinski definition) is 3. The molecule has 2 unspecified atom stereocenters. The average Bonchev–Trinajstić information content (AvgIpc) is 2.86. The first-order chi connectivity index (χ1) is 17.1. The molecular formula is C32H64O3. The molecule has 0 heterocycles. The Hall–Kier alpha value is -0.570. The first-order valence-electron chi connectivity index (χ1n) is 16.0. The van der Waals surface area contributed by atoms with E-state index in [1.54, 1.807) is 0 Å². The van der Waals surface area contributed by atoms with E-state index in [0.717, 1.165) is 32.1 Å². The summed E-state index contributed by atoms with van der Waals surface area (Å²) in [4.78, 5) is 12.1. The van der Waals surface area contributed by atoms with Gasteiger partial charge in [0.1, 0.15) is 0 Å². The van der Waals surface area contributed by atoms with Gasteiger partial charge in [0.2, 0.25) is 0 Å². The summed E-state index contributed by atoms with van der Waals surface area (Å²) in [5, 5.41) is 10.2. The molecule has 0 bridgehead atoms. The Bertz CT molecular complexity index is 423. The first kappa shape index (κ1) is 34.4. The summed E-state index contributed by atoms with van der Waals surface area (Å²) in [6, 6.07) is 0. The third-order valence-corrected chi connectivity index (χ3v) is 7.47. The van der Waals surface area contributed by atoms with Crippen molar-refractivity contribution in [2.75, 3.05) is 6.61 Å². The van der Waals surface area contributed by atoms with Crippen LogP contribution < -0.4 is 0 Å². The van der Waals surface area contributed by atoms with Gasteiger partial charge in [0.25, 0.3) is 0 Å². The largest absolute Gasteiger partial charge is 0.465 e. The smallest absolute Gasteiger partial charge is 0.305 e. The molecule has 0 saturated carbocycles. The van der Waals surface area contributed by atoms with E-state index in [9.17, 15) is 9.90 Å². The molecule has 0 aromatic heterocycles. The standard InChI is InChI=1S/C32H64O3/c1-4-7-10-12-13-14-17-21-26-31(33)27-22-18-15-16-19-23-28-32(34)35-29-30(24-9-6-3)25-20-11-8-5-2/h30-31,33H,4-29H2,1-3H3. The van der Waals surface area contributed by atoms with Gasteiger partial charge in [-0.2, -0.15) is 0 Å². The summed E-state index contributed by atoms with van der Waals surface area (Å²) in [7, 11) is 0. The zero-order chi connectivity index (χ0) is 25.8. The fourth-order valence-electron chi connectivity index (χ4n) is 4.96. The Morgan fingerprint density at radius 3 is 1.49 bits per heavy atom. The van der Waals surface area contributed by atoms with Crippen molar-refractivity contribution in [3.63, 3.8) is 0 Å². The molecule has 0 saturated heterocycles. The molecule has 210 valence electrons. The fourth-order valence-corrected chi connectivity index (χ4v) is 4.96. The van der Waals surface area contributed by atoms with Crippen LogP contribution in [0.1, 0.15) is 181 Å². The number of unbranched alkanes of at least 4 members (excludes halogenated alkanes) is 16. The quantitative estimate of drug-likeness (QED) is 0.0865. The number of carbonyl (C=O) groups is 1. The molecule has 0 rings (SSSR count). The Labute approximate surface area is 220 Å². The normalized spacial score (nSPS) is 13.1. The number of rotatable bonds is 28. The number of hydrogen-bond donors (Lipinski definition) is 1. The van der Waals surface area contributed by atoms with E-state index in [-0.39, 0.29) is 12.1 Å². The van der Waals surface area contributed by atoms with E-state index in [4.69, 9.17) is 4.74 Å². The van der Waals surface area contributed by atoms with Crippen LogP contribution in [0.3, 0.4) is 0 Å². The fraction of sp³-hybridized carbons (Fsp3) is 0.969. The minimum absolute atomic E-state index is 0.00383. The van der Waals surface area contributed by atoms with E-state index in [0.29, 0.717) is 18.9 Å². The van der Waals surface area contributed by atoms with E-state index in [2.05, 4.69) is 20.8 Å². The summed E-state index contributed by atoms with van der Waals surface area (Å²) >= 11 is 0. The predicted molar refractivity (Wildman–Crippen MR) is 153 cm³/mol. The SMILES string of the molecule is CCCCCCCCCCC(O)CCCCCCCCC(=O)OCC(CCCC)CCCCCC. The lowest BCUT2D eigenvalue weighted by atomic mass is 9.96. The minimum Gasteiger partial charge on any atom is -0.465 e. The summed E-state index contributed by atoms with van der Waals surface area (Å²) in [6.45, 7) is 7.38. The van der Waals surface area contributed by atoms with Gasteiger partial charge in [0, 0.05) is 6.42 Å². The van der Waals surface area contributed by atoms with Gasteiger partial charge in [0.15, 0.2) is 0 Å². The number of ether oxygens (including phenoxy) is 1. The topological polar surface area (TPSA) is 46.5 Å². The van der Waals surface area contributed by atoms with Gasteiger partial charge in [0.05, 0.1) is 12.7 Å². The summed E-state index contributed by atoms with van der Waals surface area (Å²) in [6.07, 6.45) is 29.9. The third kappa shape index (κ3) is 26.3. The van der Waals surface area contributed by atoms with E-state index < -0.39 is 0 Å². The molecule has 0 spiro atoms. The number of esters is 1. The first-order valence-corrected chi connectivity index (χ1v) is 16.0. The average molecular weight is 497 g/mol. The highest BCUT2D eigenvalue weighted by Gasteiger charge is 2.12. The zero-order valence-electron chi connectivity index (χ0n) is 24.3. The van der Waals surface area contributed by atoms with Crippen molar-refractivity contribution < 1.29 is 14.6 Å². The molecule has 0 aliphatic carbocycles. The lowest BCUT2D eigenvalue weighted by Crippen LogP contribution is -2.14. The van der Waals surface area contributed by atoms with Crippen molar-refractivity contribution >= 4 is 5.97 Å². The number of aliphatic hydroxyl groups is 1. The van der Waals surface area contributed by atoms with Gasteiger partial charge in [-0.25, -0.2) is 0 Å². The van der Waals surface area contributed by atoms with Crippen molar-refractivity contribution in [2.45, 2.75) is 187 Å². The number of carbonyl (C=O) groups excluding carboxylic acids is 1. The van der Waals surface area contributed by atoms with Crippen molar-refractivity contribution in [3.8, 4) is 0 Å². The lowest BCUT2D eigenvalue weighted by Gasteiger charge is -2.16. The van der Waals surface area contributed by atoms with Gasteiger partial charge in [-0.15, -0.1) is 0 Å². The van der Waals surface area contributed by atoms with Crippen molar-refractivity contribution in [2.24, 2.45) is 5.92 Å². The van der Waals surface area contributed by atoms with Gasteiger partial charge >= 0.3 is 5.97 Å². The van der Waals surface area contributed by atoms with Crippen LogP contribution in [-0.2, 0) is 9.53 Å². The highest BCUT2D eigenvalue weighted by molar-refractivity contribution is 5.69.